The van der Waals surface area contributed by atoms with Crippen LogP contribution in [0.2, 0.25) is 5.02 Å². The molecular weight excluding hydrogens is 344 g/mol. The summed E-state index contributed by atoms with van der Waals surface area (Å²) in [4.78, 5) is 14.0. The Morgan fingerprint density at radius 3 is 2.84 bits per heavy atom. The number of aryl methyl sites for hydroxylation is 1. The van der Waals surface area contributed by atoms with Crippen molar-refractivity contribution in [3.05, 3.63) is 75.1 Å². The number of nitro groups is 1. The van der Waals surface area contributed by atoms with Gasteiger partial charge < -0.3 is 4.42 Å². The summed E-state index contributed by atoms with van der Waals surface area (Å²) in [6, 6.07) is 12.0. The number of anilines is 1. The normalized spacial score (nSPS) is 11.0. The van der Waals surface area contributed by atoms with E-state index in [1.54, 1.807) is 6.07 Å². The summed E-state index contributed by atoms with van der Waals surface area (Å²) in [6.07, 6.45) is 2.65. The lowest BCUT2D eigenvalue weighted by atomic mass is 10.1. The van der Waals surface area contributed by atoms with Gasteiger partial charge in [0.2, 0.25) is 0 Å². The van der Waals surface area contributed by atoms with E-state index >= 15 is 0 Å². The van der Waals surface area contributed by atoms with Gasteiger partial charge in [0.05, 0.1) is 11.1 Å². The van der Waals surface area contributed by atoms with Crippen molar-refractivity contribution in [3.63, 3.8) is 0 Å². The zero-order valence-corrected chi connectivity index (χ0v) is 13.9. The predicted octanol–water partition coefficient (Wildman–Crippen LogP) is 4.66. The molecule has 2 heterocycles. The van der Waals surface area contributed by atoms with Crippen molar-refractivity contribution in [3.8, 4) is 11.3 Å². The Kier molecular flexibility index (Phi) is 4.76. The maximum Gasteiger partial charge on any atom is 0.287 e. The Morgan fingerprint density at radius 2 is 2.12 bits per heavy atom. The maximum atomic E-state index is 10.6. The number of aromatic nitrogens is 1. The van der Waals surface area contributed by atoms with Crippen LogP contribution < -0.4 is 5.43 Å². The average molecular weight is 357 g/mol. The number of benzene rings is 1. The zero-order valence-electron chi connectivity index (χ0n) is 13.1. The second-order valence-corrected chi connectivity index (χ2v) is 5.63. The monoisotopic (exact) mass is 356 g/mol. The van der Waals surface area contributed by atoms with Crippen molar-refractivity contribution >= 4 is 29.3 Å². The largest absolute Gasteiger partial charge is 0.455 e. The van der Waals surface area contributed by atoms with Crippen molar-refractivity contribution < 1.29 is 9.34 Å². The SMILES string of the molecule is Cc1ccc(Cl)cc1-c1ccc(/C=N/Nc2ccc([N+](=O)[O-])cn2)o1. The third-order valence-corrected chi connectivity index (χ3v) is 3.66. The van der Waals surface area contributed by atoms with Crippen LogP contribution in [0.25, 0.3) is 11.3 Å². The second-order valence-electron chi connectivity index (χ2n) is 5.19. The van der Waals surface area contributed by atoms with Crippen LogP contribution in [0.15, 0.2) is 58.2 Å². The van der Waals surface area contributed by atoms with E-state index in [1.165, 1.54) is 18.3 Å². The Labute approximate surface area is 148 Å². The fourth-order valence-corrected chi connectivity index (χ4v) is 2.32. The molecule has 0 fully saturated rings. The van der Waals surface area contributed by atoms with Gasteiger partial charge in [0, 0.05) is 16.7 Å². The van der Waals surface area contributed by atoms with Crippen molar-refractivity contribution in [1.82, 2.24) is 4.98 Å². The van der Waals surface area contributed by atoms with Gasteiger partial charge in [0.15, 0.2) is 0 Å². The van der Waals surface area contributed by atoms with Crippen LogP contribution in [-0.2, 0) is 0 Å². The lowest BCUT2D eigenvalue weighted by molar-refractivity contribution is -0.385. The van der Waals surface area contributed by atoms with Gasteiger partial charge in [-0.3, -0.25) is 15.5 Å². The maximum absolute atomic E-state index is 10.6. The smallest absolute Gasteiger partial charge is 0.287 e. The topological polar surface area (TPSA) is 93.6 Å². The van der Waals surface area contributed by atoms with Crippen LogP contribution in [0.1, 0.15) is 11.3 Å². The molecule has 1 aromatic carbocycles. The molecule has 0 unspecified atom stereocenters. The standard InChI is InChI=1S/C17H13ClN4O3/c1-11-2-3-12(18)8-15(11)16-6-5-14(25-16)10-20-21-17-7-4-13(9-19-17)22(23)24/h2-10H,1H3,(H,19,21)/b20-10+. The van der Waals surface area contributed by atoms with Gasteiger partial charge >= 0.3 is 0 Å². The fraction of sp³-hybridized carbons (Fsp3) is 0.0588. The lowest BCUT2D eigenvalue weighted by Crippen LogP contribution is -1.94. The van der Waals surface area contributed by atoms with E-state index in [9.17, 15) is 10.1 Å². The minimum Gasteiger partial charge on any atom is -0.455 e. The molecule has 0 atom stereocenters. The number of rotatable bonds is 5. The van der Waals surface area contributed by atoms with E-state index in [-0.39, 0.29) is 5.69 Å². The highest BCUT2D eigenvalue weighted by atomic mass is 35.5. The molecule has 3 rings (SSSR count). The summed E-state index contributed by atoms with van der Waals surface area (Å²) in [5.74, 6) is 1.62. The molecule has 2 aromatic heterocycles. The second kappa shape index (κ2) is 7.14. The molecule has 1 N–H and O–H groups in total. The van der Waals surface area contributed by atoms with Crippen LogP contribution in [0.3, 0.4) is 0 Å². The number of hydrazone groups is 1. The molecule has 0 aliphatic rings. The quantitative estimate of drug-likeness (QED) is 0.407. The Morgan fingerprint density at radius 1 is 1.28 bits per heavy atom. The van der Waals surface area contributed by atoms with E-state index in [1.807, 2.05) is 31.2 Å². The Hall–Kier alpha value is -3.19. The minimum absolute atomic E-state index is 0.0814. The molecule has 3 aromatic rings. The number of furan rings is 1. The van der Waals surface area contributed by atoms with E-state index in [2.05, 4.69) is 15.5 Å². The average Bonchev–Trinajstić information content (AvgIpc) is 3.06. The number of nitrogens with one attached hydrogen (secondary N) is 1. The molecular formula is C17H13ClN4O3. The predicted molar refractivity (Wildman–Crippen MR) is 96.0 cm³/mol. The summed E-state index contributed by atoms with van der Waals surface area (Å²) < 4.78 is 5.74. The van der Waals surface area contributed by atoms with Gasteiger partial charge in [-0.1, -0.05) is 17.7 Å². The molecule has 126 valence electrons. The van der Waals surface area contributed by atoms with Crippen LogP contribution >= 0.6 is 11.6 Å². The van der Waals surface area contributed by atoms with E-state index in [0.717, 1.165) is 17.3 Å². The minimum atomic E-state index is -0.512. The molecule has 0 radical (unpaired) electrons. The molecule has 0 aliphatic carbocycles. The molecule has 0 amide bonds. The first-order valence-corrected chi connectivity index (χ1v) is 7.66. The van der Waals surface area contributed by atoms with Crippen molar-refractivity contribution in [2.45, 2.75) is 6.92 Å². The molecule has 7 nitrogen and oxygen atoms in total. The first-order chi connectivity index (χ1) is 12.0. The van der Waals surface area contributed by atoms with Gasteiger partial charge in [-0.05, 0) is 42.8 Å². The summed E-state index contributed by atoms with van der Waals surface area (Å²) in [5, 5.41) is 15.2. The zero-order chi connectivity index (χ0) is 17.8. The molecule has 0 saturated heterocycles. The highest BCUT2D eigenvalue weighted by Crippen LogP contribution is 2.27. The molecule has 25 heavy (non-hydrogen) atoms. The number of hydrogen-bond donors (Lipinski definition) is 1. The third kappa shape index (κ3) is 4.02. The van der Waals surface area contributed by atoms with Gasteiger partial charge in [0.1, 0.15) is 23.5 Å². The lowest BCUT2D eigenvalue weighted by Gasteiger charge is -2.02. The van der Waals surface area contributed by atoms with Crippen LogP contribution in [0, 0.1) is 17.0 Å². The summed E-state index contributed by atoms with van der Waals surface area (Å²) in [6.45, 7) is 1.98. The van der Waals surface area contributed by atoms with Crippen LogP contribution in [0.4, 0.5) is 11.5 Å². The summed E-state index contributed by atoms with van der Waals surface area (Å²) in [5.41, 5.74) is 4.57. The molecule has 0 bridgehead atoms. The Balaban J connectivity index is 1.69. The number of pyridine rings is 1. The highest BCUT2D eigenvalue weighted by Gasteiger charge is 2.08. The summed E-state index contributed by atoms with van der Waals surface area (Å²) >= 11 is 6.03. The first-order valence-electron chi connectivity index (χ1n) is 7.29. The van der Waals surface area contributed by atoms with Crippen molar-refractivity contribution in [2.75, 3.05) is 5.43 Å². The molecule has 0 spiro atoms. The fourth-order valence-electron chi connectivity index (χ4n) is 2.15. The van der Waals surface area contributed by atoms with Gasteiger partial charge in [-0.2, -0.15) is 5.10 Å². The molecule has 0 aliphatic heterocycles. The van der Waals surface area contributed by atoms with Crippen LogP contribution in [0.5, 0.6) is 0 Å². The summed E-state index contributed by atoms with van der Waals surface area (Å²) in [7, 11) is 0. The van der Waals surface area contributed by atoms with Crippen molar-refractivity contribution in [2.24, 2.45) is 5.10 Å². The van der Waals surface area contributed by atoms with Crippen LogP contribution in [-0.4, -0.2) is 16.1 Å². The van der Waals surface area contributed by atoms with E-state index < -0.39 is 4.92 Å². The number of halogens is 1. The third-order valence-electron chi connectivity index (χ3n) is 3.42. The number of nitrogens with zero attached hydrogens (tertiary/aromatic N) is 3. The van der Waals surface area contributed by atoms with E-state index in [0.29, 0.717) is 22.4 Å². The number of hydrogen-bond acceptors (Lipinski definition) is 6. The molecule has 0 saturated carbocycles. The van der Waals surface area contributed by atoms with Gasteiger partial charge in [0.25, 0.3) is 5.69 Å². The molecule has 8 heteroatoms. The highest BCUT2D eigenvalue weighted by molar-refractivity contribution is 6.30. The van der Waals surface area contributed by atoms with Gasteiger partial charge in [-0.15, -0.1) is 0 Å². The Bertz CT molecular complexity index is 935. The van der Waals surface area contributed by atoms with Crippen molar-refractivity contribution in [1.29, 1.82) is 0 Å². The van der Waals surface area contributed by atoms with E-state index in [4.69, 9.17) is 16.0 Å². The first kappa shape index (κ1) is 16.7. The van der Waals surface area contributed by atoms with Gasteiger partial charge in [-0.25, -0.2) is 4.98 Å².